The second kappa shape index (κ2) is 11.5. The number of allylic oxidation sites excluding steroid dienone is 2. The number of non-ortho nitro benzene ring substituents is 1. The molecule has 3 fully saturated rings. The van der Waals surface area contributed by atoms with Gasteiger partial charge in [-0.3, -0.25) is 29.3 Å². The predicted molar refractivity (Wildman–Crippen MR) is 178 cm³/mol. The van der Waals surface area contributed by atoms with Gasteiger partial charge in [-0.25, -0.2) is 31.8 Å². The molecule has 2 aliphatic heterocycles. The van der Waals surface area contributed by atoms with Gasteiger partial charge in [0.15, 0.2) is 33.0 Å². The molecule has 2 aliphatic carbocycles. The van der Waals surface area contributed by atoms with Gasteiger partial charge in [0.2, 0.25) is 17.6 Å². The van der Waals surface area contributed by atoms with E-state index in [4.69, 9.17) is 23.2 Å². The molecule has 4 aromatic rings. The van der Waals surface area contributed by atoms with Crippen LogP contribution in [-0.2, 0) is 19.2 Å². The van der Waals surface area contributed by atoms with Crippen LogP contribution in [0.5, 0.6) is 5.75 Å². The van der Waals surface area contributed by atoms with Crippen LogP contribution in [0.1, 0.15) is 24.3 Å². The number of benzene rings is 4. The molecule has 270 valence electrons. The van der Waals surface area contributed by atoms with Crippen LogP contribution in [0.15, 0.2) is 72.3 Å². The summed E-state index contributed by atoms with van der Waals surface area (Å²) in [4.78, 5) is 62.6. The number of rotatable bonds is 4. The van der Waals surface area contributed by atoms with Gasteiger partial charge in [0.1, 0.15) is 11.4 Å². The fraction of sp³-hybridized carbons (Fsp3) is 0.222. The van der Waals surface area contributed by atoms with Gasteiger partial charge in [-0.1, -0.05) is 54.1 Å². The maximum atomic E-state index is 15.3. The number of anilines is 2. The number of amides is 4. The van der Waals surface area contributed by atoms with E-state index in [0.29, 0.717) is 5.39 Å². The van der Waals surface area contributed by atoms with Crippen molar-refractivity contribution in [3.8, 4) is 5.75 Å². The second-order valence-corrected chi connectivity index (χ2v) is 14.4. The van der Waals surface area contributed by atoms with Crippen LogP contribution in [0.3, 0.4) is 0 Å². The first-order valence-electron chi connectivity index (χ1n) is 15.9. The molecule has 4 aromatic carbocycles. The number of nitro benzene ring substituents is 1. The Labute approximate surface area is 304 Å². The number of phenolic OH excluding ortho intramolecular Hbond substituents is 1. The molecule has 0 spiro atoms. The zero-order valence-corrected chi connectivity index (χ0v) is 28.0. The first-order chi connectivity index (χ1) is 25.1. The molecule has 0 aromatic heterocycles. The molecule has 17 heteroatoms. The van der Waals surface area contributed by atoms with E-state index in [-0.39, 0.29) is 33.5 Å². The highest BCUT2D eigenvalue weighted by atomic mass is 35.5. The summed E-state index contributed by atoms with van der Waals surface area (Å²) in [5, 5.41) is 23.9. The summed E-state index contributed by atoms with van der Waals surface area (Å²) in [6, 6.07) is 14.1. The summed E-state index contributed by atoms with van der Waals surface area (Å²) in [5.74, 6) is -23.3. The van der Waals surface area contributed by atoms with Crippen LogP contribution in [0.25, 0.3) is 10.8 Å². The molecule has 4 amide bonds. The molecule has 0 unspecified atom stereocenters. The van der Waals surface area contributed by atoms with Crippen molar-refractivity contribution in [1.82, 2.24) is 0 Å². The lowest BCUT2D eigenvalue weighted by Crippen LogP contribution is -2.60. The molecule has 0 bridgehead atoms. The molecule has 1 saturated carbocycles. The lowest BCUT2D eigenvalue weighted by atomic mass is 9.56. The summed E-state index contributed by atoms with van der Waals surface area (Å²) in [7, 11) is 0. The summed E-state index contributed by atoms with van der Waals surface area (Å²) >= 11 is 14.3. The zero-order valence-electron chi connectivity index (χ0n) is 26.5. The Morgan fingerprint density at radius 3 is 2.13 bits per heavy atom. The van der Waals surface area contributed by atoms with Gasteiger partial charge in [0, 0.05) is 29.0 Å². The molecule has 10 nitrogen and oxygen atoms in total. The van der Waals surface area contributed by atoms with Crippen molar-refractivity contribution < 1.29 is 51.2 Å². The Morgan fingerprint density at radius 2 is 1.45 bits per heavy atom. The normalized spacial score (nSPS) is 27.9. The van der Waals surface area contributed by atoms with E-state index in [2.05, 4.69) is 0 Å². The minimum Gasteiger partial charge on any atom is -0.507 e. The number of halogens is 7. The van der Waals surface area contributed by atoms with Crippen molar-refractivity contribution in [2.45, 2.75) is 28.5 Å². The highest BCUT2D eigenvalue weighted by Gasteiger charge is 2.77. The standard InChI is InChI=1S/C36H20Cl2F5N3O7/c37-35-13-21-18(10-11-19-22(21)32(49)44(31(19)48)15-5-3-6-16(12-15)46(52)53)23(20-9-8-14-4-1-2-7-17(14)30(20)47)36(35,38)34(51)45(33(35)50)29-27(42)25(40)24(39)26(41)28(29)43/h1-10,12,19,21-23,47H,11,13H2/t19-,21+,22-,23+,35+,36-/m0/s1. The largest absolute Gasteiger partial charge is 0.507 e. The van der Waals surface area contributed by atoms with Gasteiger partial charge in [-0.15, -0.1) is 23.2 Å². The van der Waals surface area contributed by atoms with Gasteiger partial charge in [-0.2, -0.15) is 0 Å². The SMILES string of the molecule is O=C1[C@H]2[C@H](CC=C3[C@H]2C[C@@]2(Cl)C(=O)N(c4c(F)c(F)c(F)c(F)c4F)C(=O)[C@@]2(Cl)[C@H]3c2ccc3ccccc3c2O)C(=O)N1c1cccc([N+](=O)[O-])c1. The Kier molecular flexibility index (Phi) is 7.55. The topological polar surface area (TPSA) is 138 Å². The van der Waals surface area contributed by atoms with Crippen molar-refractivity contribution in [3.05, 3.63) is 117 Å². The smallest absolute Gasteiger partial charge is 0.271 e. The third-order valence-corrected chi connectivity index (χ3v) is 12.2. The molecule has 4 aliphatic rings. The van der Waals surface area contributed by atoms with Crippen LogP contribution >= 0.6 is 23.2 Å². The summed E-state index contributed by atoms with van der Waals surface area (Å²) in [6.07, 6.45) is 0.559. The molecule has 6 atom stereocenters. The number of carbonyl (C=O) groups excluding carboxylic acids is 4. The molecular weight excluding hydrogens is 752 g/mol. The number of alkyl halides is 2. The first kappa shape index (κ1) is 34.7. The van der Waals surface area contributed by atoms with Crippen molar-refractivity contribution in [2.24, 2.45) is 17.8 Å². The Hall–Kier alpha value is -5.41. The summed E-state index contributed by atoms with van der Waals surface area (Å²) in [5.41, 5.74) is -2.47. The number of imide groups is 2. The summed E-state index contributed by atoms with van der Waals surface area (Å²) in [6.45, 7) is 0. The fourth-order valence-electron chi connectivity index (χ4n) is 8.42. The van der Waals surface area contributed by atoms with Crippen molar-refractivity contribution in [1.29, 1.82) is 0 Å². The van der Waals surface area contributed by atoms with E-state index in [0.717, 1.165) is 17.0 Å². The van der Waals surface area contributed by atoms with Crippen molar-refractivity contribution in [2.75, 3.05) is 9.80 Å². The number of nitrogens with zero attached hydrogens (tertiary/aromatic N) is 3. The van der Waals surface area contributed by atoms with E-state index < -0.39 is 115 Å². The maximum Gasteiger partial charge on any atom is 0.271 e. The van der Waals surface area contributed by atoms with E-state index in [1.165, 1.54) is 36.4 Å². The molecule has 53 heavy (non-hydrogen) atoms. The number of carbonyl (C=O) groups is 4. The van der Waals surface area contributed by atoms with Gasteiger partial charge in [0.05, 0.1) is 22.4 Å². The number of hydrogen-bond donors (Lipinski definition) is 1. The predicted octanol–water partition coefficient (Wildman–Crippen LogP) is 6.92. The van der Waals surface area contributed by atoms with Crippen LogP contribution < -0.4 is 9.80 Å². The van der Waals surface area contributed by atoms with Gasteiger partial charge < -0.3 is 5.11 Å². The Morgan fingerprint density at radius 1 is 0.792 bits per heavy atom. The fourth-order valence-corrected chi connectivity index (χ4v) is 9.34. The van der Waals surface area contributed by atoms with E-state index in [1.807, 2.05) is 0 Å². The Bertz CT molecular complexity index is 2420. The third kappa shape index (κ3) is 4.37. The quantitative estimate of drug-likeness (QED) is 0.0348. The van der Waals surface area contributed by atoms with Crippen molar-refractivity contribution in [3.63, 3.8) is 0 Å². The average Bonchev–Trinajstić information content (AvgIpc) is 3.48. The molecular formula is C36H20Cl2F5N3O7. The van der Waals surface area contributed by atoms with Crippen molar-refractivity contribution >= 4 is 74.7 Å². The summed E-state index contributed by atoms with van der Waals surface area (Å²) < 4.78 is 73.7. The lowest BCUT2D eigenvalue weighted by molar-refractivity contribution is -0.384. The molecule has 2 heterocycles. The van der Waals surface area contributed by atoms with Gasteiger partial charge >= 0.3 is 0 Å². The maximum absolute atomic E-state index is 15.3. The molecule has 2 saturated heterocycles. The Balaban J connectivity index is 1.34. The molecule has 0 radical (unpaired) electrons. The third-order valence-electron chi connectivity index (χ3n) is 10.8. The van der Waals surface area contributed by atoms with Crippen LogP contribution in [0.4, 0.5) is 39.0 Å². The number of aromatic hydroxyl groups is 1. The van der Waals surface area contributed by atoms with Crippen LogP contribution in [0.2, 0.25) is 0 Å². The molecule has 8 rings (SSSR count). The van der Waals surface area contributed by atoms with Gasteiger partial charge in [-0.05, 0) is 30.2 Å². The number of hydrogen-bond acceptors (Lipinski definition) is 7. The van der Waals surface area contributed by atoms with Crippen LogP contribution in [-0.4, -0.2) is 43.4 Å². The van der Waals surface area contributed by atoms with E-state index in [1.54, 1.807) is 18.2 Å². The zero-order chi connectivity index (χ0) is 38.0. The number of phenols is 1. The second-order valence-electron chi connectivity index (χ2n) is 13.2. The highest BCUT2D eigenvalue weighted by Crippen LogP contribution is 2.67. The van der Waals surface area contributed by atoms with Crippen LogP contribution in [0, 0.1) is 57.0 Å². The number of fused-ring (bicyclic) bond motifs is 5. The molecule has 1 N–H and O–H groups in total. The van der Waals surface area contributed by atoms with E-state index >= 15 is 8.78 Å². The van der Waals surface area contributed by atoms with Gasteiger partial charge in [0.25, 0.3) is 17.5 Å². The lowest BCUT2D eigenvalue weighted by Gasteiger charge is -2.50. The van der Waals surface area contributed by atoms with E-state index in [9.17, 15) is 47.6 Å². The average molecular weight is 772 g/mol. The minimum absolute atomic E-state index is 0.124. The first-order valence-corrected chi connectivity index (χ1v) is 16.6. The minimum atomic E-state index is -2.83. The highest BCUT2D eigenvalue weighted by molar-refractivity contribution is 6.58. The number of nitro groups is 1. The monoisotopic (exact) mass is 771 g/mol.